The molecule has 0 saturated carbocycles. The highest BCUT2D eigenvalue weighted by Crippen LogP contribution is 2.39. The minimum absolute atomic E-state index is 0.0176. The van der Waals surface area contributed by atoms with Gasteiger partial charge in [0.25, 0.3) is 5.91 Å². The second-order valence-corrected chi connectivity index (χ2v) is 5.98. The van der Waals surface area contributed by atoms with Crippen molar-refractivity contribution in [2.45, 2.75) is 12.5 Å². The van der Waals surface area contributed by atoms with Gasteiger partial charge in [-0.25, -0.2) is 0 Å². The number of rotatable bonds is 4. The van der Waals surface area contributed by atoms with E-state index in [2.05, 4.69) is 4.98 Å². The van der Waals surface area contributed by atoms with E-state index in [4.69, 9.17) is 0 Å². The Morgan fingerprint density at radius 1 is 0.960 bits per heavy atom. The molecule has 1 aliphatic rings. The van der Waals surface area contributed by atoms with Gasteiger partial charge in [-0.3, -0.25) is 19.5 Å². The molecule has 4 rings (SSSR count). The Morgan fingerprint density at radius 2 is 1.72 bits per heavy atom. The molecule has 4 heteroatoms. The van der Waals surface area contributed by atoms with Crippen LogP contribution in [0.1, 0.15) is 38.7 Å². The maximum Gasteiger partial charge on any atom is 0.259 e. The van der Waals surface area contributed by atoms with Crippen LogP contribution in [0.4, 0.5) is 5.69 Å². The molecule has 3 aromatic rings. The lowest BCUT2D eigenvalue weighted by Crippen LogP contribution is -2.29. The Labute approximate surface area is 145 Å². The summed E-state index contributed by atoms with van der Waals surface area (Å²) >= 11 is 0. The number of Topliss-reactive ketones (excluding diaryl/α,β-unsaturated/α-hetero) is 1. The van der Waals surface area contributed by atoms with Crippen molar-refractivity contribution in [1.82, 2.24) is 4.98 Å². The minimum Gasteiger partial charge on any atom is -0.299 e. The summed E-state index contributed by atoms with van der Waals surface area (Å²) in [6.07, 6.45) is 3.56. The number of hydrogen-bond acceptors (Lipinski definition) is 3. The van der Waals surface area contributed by atoms with E-state index in [-0.39, 0.29) is 24.2 Å². The standard InChI is InChI=1S/C21H16N2O2/c24-20(15-7-2-1-3-8-15)13-19-17-10-4-5-11-18(17)21(25)23(19)16-9-6-12-22-14-16/h1-12,14,19H,13H2. The van der Waals surface area contributed by atoms with Crippen molar-refractivity contribution in [3.8, 4) is 0 Å². The van der Waals surface area contributed by atoms with E-state index in [9.17, 15) is 9.59 Å². The summed E-state index contributed by atoms with van der Waals surface area (Å²) in [4.78, 5) is 31.5. The lowest BCUT2D eigenvalue weighted by Gasteiger charge is -2.24. The first-order chi connectivity index (χ1) is 12.3. The molecule has 1 aliphatic heterocycles. The highest BCUT2D eigenvalue weighted by atomic mass is 16.2. The molecule has 1 amide bonds. The number of hydrogen-bond donors (Lipinski definition) is 0. The average molecular weight is 328 g/mol. The zero-order valence-corrected chi connectivity index (χ0v) is 13.5. The quantitative estimate of drug-likeness (QED) is 0.679. The van der Waals surface area contributed by atoms with Crippen LogP contribution in [0.2, 0.25) is 0 Å². The maximum absolute atomic E-state index is 12.9. The van der Waals surface area contributed by atoms with E-state index < -0.39 is 0 Å². The number of pyridine rings is 1. The minimum atomic E-state index is -0.319. The van der Waals surface area contributed by atoms with Gasteiger partial charge in [0.15, 0.2) is 5.78 Å². The van der Waals surface area contributed by atoms with Crippen molar-refractivity contribution in [1.29, 1.82) is 0 Å². The maximum atomic E-state index is 12.9. The predicted octanol–water partition coefficient (Wildman–Crippen LogP) is 4.06. The van der Waals surface area contributed by atoms with Gasteiger partial charge < -0.3 is 0 Å². The monoisotopic (exact) mass is 328 g/mol. The highest BCUT2D eigenvalue weighted by molar-refractivity contribution is 6.12. The summed E-state index contributed by atoms with van der Waals surface area (Å²) in [5.74, 6) is -0.0709. The smallest absolute Gasteiger partial charge is 0.259 e. The molecule has 0 saturated heterocycles. The van der Waals surface area contributed by atoms with Crippen molar-refractivity contribution in [2.75, 3.05) is 4.90 Å². The van der Waals surface area contributed by atoms with Gasteiger partial charge >= 0.3 is 0 Å². The number of nitrogens with zero attached hydrogens (tertiary/aromatic N) is 2. The molecule has 0 aliphatic carbocycles. The first kappa shape index (κ1) is 15.3. The molecule has 122 valence electrons. The summed E-state index contributed by atoms with van der Waals surface area (Å²) in [7, 11) is 0. The van der Waals surface area contributed by atoms with Crippen LogP contribution in [0, 0.1) is 0 Å². The normalized spacial score (nSPS) is 15.9. The lowest BCUT2D eigenvalue weighted by atomic mass is 9.97. The van der Waals surface area contributed by atoms with Gasteiger partial charge in [0.05, 0.1) is 17.9 Å². The highest BCUT2D eigenvalue weighted by Gasteiger charge is 2.38. The fourth-order valence-electron chi connectivity index (χ4n) is 3.30. The van der Waals surface area contributed by atoms with E-state index in [1.807, 2.05) is 48.5 Å². The number of fused-ring (bicyclic) bond motifs is 1. The molecular formula is C21H16N2O2. The average Bonchev–Trinajstić information content (AvgIpc) is 2.95. The Morgan fingerprint density at radius 3 is 2.48 bits per heavy atom. The largest absolute Gasteiger partial charge is 0.299 e. The third kappa shape index (κ3) is 2.72. The predicted molar refractivity (Wildman–Crippen MR) is 95.6 cm³/mol. The Balaban J connectivity index is 1.74. The summed E-state index contributed by atoms with van der Waals surface area (Å²) in [6, 6.07) is 20.0. The van der Waals surface area contributed by atoms with Crippen LogP contribution in [-0.2, 0) is 0 Å². The van der Waals surface area contributed by atoms with Crippen LogP contribution in [0.15, 0.2) is 79.1 Å². The molecule has 4 nitrogen and oxygen atoms in total. The molecule has 0 radical (unpaired) electrons. The number of carbonyl (C=O) groups is 2. The van der Waals surface area contributed by atoms with E-state index in [1.165, 1.54) is 0 Å². The van der Waals surface area contributed by atoms with Crippen molar-refractivity contribution < 1.29 is 9.59 Å². The molecular weight excluding hydrogens is 312 g/mol. The molecule has 2 heterocycles. The van der Waals surface area contributed by atoms with Crippen molar-refractivity contribution in [2.24, 2.45) is 0 Å². The number of ketones is 1. The lowest BCUT2D eigenvalue weighted by molar-refractivity contribution is 0.0960. The van der Waals surface area contributed by atoms with Gasteiger partial charge in [-0.2, -0.15) is 0 Å². The number of benzene rings is 2. The number of aromatic nitrogens is 1. The van der Waals surface area contributed by atoms with Gasteiger partial charge in [-0.15, -0.1) is 0 Å². The van der Waals surface area contributed by atoms with Crippen LogP contribution >= 0.6 is 0 Å². The molecule has 1 aromatic heterocycles. The fraction of sp³-hybridized carbons (Fsp3) is 0.0952. The van der Waals surface area contributed by atoms with Crippen LogP contribution < -0.4 is 4.90 Å². The van der Waals surface area contributed by atoms with Gasteiger partial charge in [0.2, 0.25) is 0 Å². The van der Waals surface area contributed by atoms with Gasteiger partial charge in [0.1, 0.15) is 0 Å². The second kappa shape index (κ2) is 6.32. The van der Waals surface area contributed by atoms with Gasteiger partial charge in [-0.1, -0.05) is 48.5 Å². The van der Waals surface area contributed by atoms with E-state index in [0.29, 0.717) is 16.8 Å². The molecule has 0 bridgehead atoms. The van der Waals surface area contributed by atoms with Gasteiger partial charge in [-0.05, 0) is 23.8 Å². The molecule has 1 unspecified atom stereocenters. The summed E-state index contributed by atoms with van der Waals surface area (Å²) in [5.41, 5.74) is 2.90. The topological polar surface area (TPSA) is 50.3 Å². The number of anilines is 1. The number of amides is 1. The molecule has 0 fully saturated rings. The summed E-state index contributed by atoms with van der Waals surface area (Å²) < 4.78 is 0. The molecule has 2 aromatic carbocycles. The van der Waals surface area contributed by atoms with Crippen LogP contribution in [0.25, 0.3) is 0 Å². The third-order valence-corrected chi connectivity index (χ3v) is 4.48. The summed E-state index contributed by atoms with van der Waals surface area (Å²) in [5, 5.41) is 0. The first-order valence-electron chi connectivity index (χ1n) is 8.16. The van der Waals surface area contributed by atoms with Crippen LogP contribution in [0.3, 0.4) is 0 Å². The summed E-state index contributed by atoms with van der Waals surface area (Å²) in [6.45, 7) is 0. The van der Waals surface area contributed by atoms with E-state index >= 15 is 0 Å². The number of carbonyl (C=O) groups excluding carboxylic acids is 2. The second-order valence-electron chi connectivity index (χ2n) is 5.98. The Bertz CT molecular complexity index is 923. The Hall–Kier alpha value is -3.27. The van der Waals surface area contributed by atoms with Gasteiger partial charge in [0, 0.05) is 23.7 Å². The molecule has 0 N–H and O–H groups in total. The van der Waals surface area contributed by atoms with Crippen LogP contribution in [-0.4, -0.2) is 16.7 Å². The first-order valence-corrected chi connectivity index (χ1v) is 8.16. The fourth-order valence-corrected chi connectivity index (χ4v) is 3.30. The van der Waals surface area contributed by atoms with Crippen molar-refractivity contribution in [3.05, 3.63) is 95.8 Å². The zero-order valence-electron chi connectivity index (χ0n) is 13.5. The van der Waals surface area contributed by atoms with E-state index in [0.717, 1.165) is 5.56 Å². The SMILES string of the molecule is O=C(CC1c2ccccc2C(=O)N1c1cccnc1)c1ccccc1. The molecule has 25 heavy (non-hydrogen) atoms. The third-order valence-electron chi connectivity index (χ3n) is 4.48. The van der Waals surface area contributed by atoms with E-state index in [1.54, 1.807) is 35.5 Å². The zero-order chi connectivity index (χ0) is 17.2. The Kier molecular flexibility index (Phi) is 3.86. The van der Waals surface area contributed by atoms with Crippen molar-refractivity contribution in [3.63, 3.8) is 0 Å². The molecule has 1 atom stereocenters. The molecule has 0 spiro atoms. The van der Waals surface area contributed by atoms with Crippen LogP contribution in [0.5, 0.6) is 0 Å². The van der Waals surface area contributed by atoms with Crippen molar-refractivity contribution >= 4 is 17.4 Å².